The molecule has 0 bridgehead atoms. The predicted octanol–water partition coefficient (Wildman–Crippen LogP) is 7.29. The Morgan fingerprint density at radius 1 is 1.00 bits per heavy atom. The first kappa shape index (κ1) is 22.4. The fraction of sp³-hybridized carbons (Fsp3) is 0.111. The van der Waals surface area contributed by atoms with Gasteiger partial charge in [0.05, 0.1) is 22.7 Å². The van der Waals surface area contributed by atoms with Crippen molar-refractivity contribution in [3.05, 3.63) is 105 Å². The highest BCUT2D eigenvalue weighted by molar-refractivity contribution is 8.19. The number of para-hydroxylation sites is 2. The number of benzene rings is 3. The summed E-state index contributed by atoms with van der Waals surface area (Å²) in [5.74, 6) is -0.722. The molecule has 2 heterocycles. The minimum atomic E-state index is -0.367. The van der Waals surface area contributed by atoms with Crippen LogP contribution in [0, 0.1) is 5.82 Å². The Morgan fingerprint density at radius 2 is 1.76 bits per heavy atom. The number of hydrogen-bond donors (Lipinski definition) is 0. The van der Waals surface area contributed by atoms with Gasteiger partial charge in [-0.05, 0) is 54.1 Å². The van der Waals surface area contributed by atoms with Gasteiger partial charge >= 0.3 is 0 Å². The van der Waals surface area contributed by atoms with Crippen molar-refractivity contribution in [2.75, 3.05) is 4.90 Å². The van der Waals surface area contributed by atoms with Crippen LogP contribution in [-0.2, 0) is 17.8 Å². The Kier molecular flexibility index (Phi) is 6.02. The first-order valence-electron chi connectivity index (χ1n) is 10.8. The van der Waals surface area contributed by atoms with Crippen LogP contribution in [-0.4, -0.2) is 15.7 Å². The maximum atomic E-state index is 14.6. The number of halogens is 2. The summed E-state index contributed by atoms with van der Waals surface area (Å²) in [7, 11) is 0. The number of aryl methyl sites for hydroxylation is 1. The molecule has 1 aliphatic rings. The molecule has 1 fully saturated rings. The predicted molar refractivity (Wildman–Crippen MR) is 137 cm³/mol. The fourth-order valence-corrected chi connectivity index (χ4v) is 5.31. The van der Waals surface area contributed by atoms with Gasteiger partial charge in [-0.15, -0.1) is 0 Å². The van der Waals surface area contributed by atoms with Crippen molar-refractivity contribution in [1.29, 1.82) is 0 Å². The minimum absolute atomic E-state index is 0.248. The van der Waals surface area contributed by atoms with Gasteiger partial charge in [0.15, 0.2) is 0 Å². The van der Waals surface area contributed by atoms with Crippen LogP contribution in [0.3, 0.4) is 0 Å². The van der Waals surface area contributed by atoms with Crippen LogP contribution in [0.5, 0.6) is 0 Å². The molecule has 170 valence electrons. The lowest BCUT2D eigenvalue weighted by molar-refractivity contribution is -0.113. The quantitative estimate of drug-likeness (QED) is 0.276. The van der Waals surface area contributed by atoms with Crippen molar-refractivity contribution in [2.45, 2.75) is 19.9 Å². The average Bonchev–Trinajstić information content (AvgIpc) is 3.33. The number of nitrogens with zero attached hydrogens (tertiary/aromatic N) is 2. The molecule has 3 aromatic carbocycles. The van der Waals surface area contributed by atoms with Gasteiger partial charge in [-0.1, -0.05) is 61.0 Å². The van der Waals surface area contributed by atoms with Gasteiger partial charge in [-0.2, -0.15) is 0 Å². The first-order valence-corrected chi connectivity index (χ1v) is 12.0. The van der Waals surface area contributed by atoms with E-state index in [9.17, 15) is 14.0 Å². The van der Waals surface area contributed by atoms with Gasteiger partial charge in [-0.25, -0.2) is 9.29 Å². The van der Waals surface area contributed by atoms with E-state index in [0.717, 1.165) is 40.2 Å². The largest absolute Gasteiger partial charge is 0.342 e. The normalized spacial score (nSPS) is 15.1. The summed E-state index contributed by atoms with van der Waals surface area (Å²) >= 11 is 7.22. The van der Waals surface area contributed by atoms with Gasteiger partial charge in [0.25, 0.3) is 11.1 Å². The molecule has 1 aliphatic heterocycles. The van der Waals surface area contributed by atoms with E-state index in [0.29, 0.717) is 21.2 Å². The Balaban J connectivity index is 1.60. The molecule has 0 N–H and O–H groups in total. The number of aromatic nitrogens is 1. The molecule has 1 aromatic heterocycles. The second-order valence-corrected chi connectivity index (χ2v) is 9.33. The van der Waals surface area contributed by atoms with Crippen molar-refractivity contribution in [1.82, 2.24) is 4.57 Å². The summed E-state index contributed by atoms with van der Waals surface area (Å²) in [6.07, 6.45) is 4.43. The smallest absolute Gasteiger partial charge is 0.298 e. The van der Waals surface area contributed by atoms with Gasteiger partial charge in [0.1, 0.15) is 5.82 Å². The molecule has 0 radical (unpaired) electrons. The van der Waals surface area contributed by atoms with Gasteiger partial charge in [0, 0.05) is 27.7 Å². The summed E-state index contributed by atoms with van der Waals surface area (Å²) in [6, 6.07) is 19.5. The molecule has 0 saturated carbocycles. The zero-order valence-corrected chi connectivity index (χ0v) is 19.9. The minimum Gasteiger partial charge on any atom is -0.342 e. The van der Waals surface area contributed by atoms with Crippen LogP contribution < -0.4 is 4.90 Å². The number of amides is 2. The lowest BCUT2D eigenvalue weighted by atomic mass is 10.1. The number of carbonyl (C=O) groups excluding carboxylic acids is 2. The van der Waals surface area contributed by atoms with E-state index < -0.39 is 0 Å². The third-order valence-corrected chi connectivity index (χ3v) is 7.10. The standard InChI is InChI=1S/C27H20ClFN2O2S/c1-2-17-8-6-11-20-18(15-30(25(17)20)16-21-22(28)12-7-13-23(21)29)14-24-26(32)31(27(33)34-24)19-9-4-3-5-10-19/h3-15H,2,16H2,1H3/b24-14-. The first-order chi connectivity index (χ1) is 16.5. The second kappa shape index (κ2) is 9.12. The van der Waals surface area contributed by atoms with E-state index in [-0.39, 0.29) is 23.5 Å². The summed E-state index contributed by atoms with van der Waals surface area (Å²) < 4.78 is 16.5. The van der Waals surface area contributed by atoms with Crippen molar-refractivity contribution in [2.24, 2.45) is 0 Å². The van der Waals surface area contributed by atoms with Crippen LogP contribution in [0.2, 0.25) is 5.02 Å². The van der Waals surface area contributed by atoms with Crippen molar-refractivity contribution in [3.63, 3.8) is 0 Å². The fourth-order valence-electron chi connectivity index (χ4n) is 4.25. The van der Waals surface area contributed by atoms with Crippen LogP contribution in [0.15, 0.2) is 77.8 Å². The number of fused-ring (bicyclic) bond motifs is 1. The number of anilines is 1. The number of carbonyl (C=O) groups is 2. The Labute approximate surface area is 205 Å². The molecule has 1 saturated heterocycles. The van der Waals surface area contributed by atoms with E-state index in [1.54, 1.807) is 42.5 Å². The monoisotopic (exact) mass is 490 g/mol. The molecule has 34 heavy (non-hydrogen) atoms. The highest BCUT2D eigenvalue weighted by atomic mass is 35.5. The molecule has 7 heteroatoms. The molecular formula is C27H20ClFN2O2S. The summed E-state index contributed by atoms with van der Waals surface area (Å²) in [5.41, 5.74) is 3.79. The number of thioether (sulfide) groups is 1. The molecular weight excluding hydrogens is 471 g/mol. The Hall–Kier alpha value is -3.35. The molecule has 0 spiro atoms. The zero-order valence-electron chi connectivity index (χ0n) is 18.3. The average molecular weight is 491 g/mol. The Bertz CT molecular complexity index is 1440. The third kappa shape index (κ3) is 3.93. The number of imide groups is 1. The topological polar surface area (TPSA) is 42.3 Å². The van der Waals surface area contributed by atoms with E-state index in [1.165, 1.54) is 11.0 Å². The van der Waals surface area contributed by atoms with E-state index in [1.807, 2.05) is 35.0 Å². The van der Waals surface area contributed by atoms with Crippen LogP contribution >= 0.6 is 23.4 Å². The van der Waals surface area contributed by atoms with E-state index in [2.05, 4.69) is 6.92 Å². The van der Waals surface area contributed by atoms with Crippen molar-refractivity contribution < 1.29 is 14.0 Å². The third-order valence-electron chi connectivity index (χ3n) is 5.88. The number of hydrogen-bond acceptors (Lipinski definition) is 3. The highest BCUT2D eigenvalue weighted by Crippen LogP contribution is 2.37. The molecule has 5 rings (SSSR count). The van der Waals surface area contributed by atoms with Crippen LogP contribution in [0.25, 0.3) is 17.0 Å². The van der Waals surface area contributed by atoms with Crippen LogP contribution in [0.1, 0.15) is 23.6 Å². The molecule has 0 atom stereocenters. The van der Waals surface area contributed by atoms with Crippen LogP contribution in [0.4, 0.5) is 14.9 Å². The van der Waals surface area contributed by atoms with Crippen molar-refractivity contribution >= 4 is 57.2 Å². The maximum absolute atomic E-state index is 14.6. The maximum Gasteiger partial charge on any atom is 0.298 e. The zero-order chi connectivity index (χ0) is 23.8. The van der Waals surface area contributed by atoms with Gasteiger partial charge in [0.2, 0.25) is 0 Å². The SMILES string of the molecule is CCc1cccc2c(/C=C3\SC(=O)N(c4ccccc4)C3=O)cn(Cc3c(F)cccc3Cl)c12. The molecule has 4 nitrogen and oxygen atoms in total. The van der Waals surface area contributed by atoms with E-state index >= 15 is 0 Å². The molecule has 0 aliphatic carbocycles. The van der Waals surface area contributed by atoms with E-state index in [4.69, 9.17) is 11.6 Å². The van der Waals surface area contributed by atoms with Gasteiger partial charge < -0.3 is 4.57 Å². The second-order valence-electron chi connectivity index (χ2n) is 7.93. The lowest BCUT2D eigenvalue weighted by Gasteiger charge is -2.11. The number of rotatable bonds is 5. The molecule has 4 aromatic rings. The van der Waals surface area contributed by atoms with Crippen molar-refractivity contribution in [3.8, 4) is 0 Å². The van der Waals surface area contributed by atoms with Gasteiger partial charge in [-0.3, -0.25) is 9.59 Å². The lowest BCUT2D eigenvalue weighted by Crippen LogP contribution is -2.27. The highest BCUT2D eigenvalue weighted by Gasteiger charge is 2.36. The summed E-state index contributed by atoms with van der Waals surface area (Å²) in [6.45, 7) is 2.31. The Morgan fingerprint density at radius 3 is 2.50 bits per heavy atom. The molecule has 0 unspecified atom stereocenters. The summed E-state index contributed by atoms with van der Waals surface area (Å²) in [4.78, 5) is 27.3. The summed E-state index contributed by atoms with van der Waals surface area (Å²) in [5, 5.41) is 0.957. The molecule has 2 amide bonds.